The Morgan fingerprint density at radius 1 is 1.11 bits per heavy atom. The van der Waals surface area contributed by atoms with Crippen molar-refractivity contribution in [2.24, 2.45) is 10.7 Å². The summed E-state index contributed by atoms with van der Waals surface area (Å²) in [7, 11) is -3.56. The topological polar surface area (TPSA) is 103 Å². The van der Waals surface area contributed by atoms with E-state index in [0.717, 1.165) is 18.6 Å². The molecule has 7 nitrogen and oxygen atoms in total. The number of hydrogen-bond donors (Lipinski definition) is 2. The first kappa shape index (κ1) is 22.2. The van der Waals surface area contributed by atoms with Gasteiger partial charge >= 0.3 is 0 Å². The van der Waals surface area contributed by atoms with Crippen molar-refractivity contribution in [2.45, 2.75) is 11.3 Å². The first-order chi connectivity index (χ1) is 12.9. The van der Waals surface area contributed by atoms with Crippen LogP contribution in [0.3, 0.4) is 0 Å². The molecule has 0 saturated carbocycles. The second-order valence-electron chi connectivity index (χ2n) is 5.88. The van der Waals surface area contributed by atoms with Crippen LogP contribution in [0, 0.1) is 5.82 Å². The number of nitrogens with two attached hydrogens (primary N) is 1. The minimum Gasteiger partial charge on any atom is -0.490 e. The fourth-order valence-corrected chi connectivity index (χ4v) is 3.59. The van der Waals surface area contributed by atoms with Crippen LogP contribution in [0.25, 0.3) is 0 Å². The standard InChI is InChI=1S/C18H20FN3O4S.HI/c19-13-2-5-15(6-3-13)27(23,24)11-8-21-18(20)22-14-4-7-16-17(12-14)26-10-1-9-25-16;/h2-7,12H,1,8-11H2,(H3,20,21,22);1H. The summed E-state index contributed by atoms with van der Waals surface area (Å²) in [4.78, 5) is 4.09. The first-order valence-electron chi connectivity index (χ1n) is 8.39. The van der Waals surface area contributed by atoms with E-state index in [-0.39, 0.29) is 47.1 Å². The van der Waals surface area contributed by atoms with Crippen LogP contribution in [-0.4, -0.2) is 39.9 Å². The zero-order valence-corrected chi connectivity index (χ0v) is 18.1. The summed E-state index contributed by atoms with van der Waals surface area (Å²) in [5.74, 6) is 0.639. The van der Waals surface area contributed by atoms with Gasteiger partial charge in [0, 0.05) is 18.2 Å². The smallest absolute Gasteiger partial charge is 0.193 e. The summed E-state index contributed by atoms with van der Waals surface area (Å²) >= 11 is 0. The third-order valence-electron chi connectivity index (χ3n) is 3.83. The number of nitrogens with one attached hydrogen (secondary N) is 1. The van der Waals surface area contributed by atoms with Gasteiger partial charge < -0.3 is 20.5 Å². The molecule has 0 unspecified atom stereocenters. The van der Waals surface area contributed by atoms with Crippen molar-refractivity contribution < 1.29 is 22.3 Å². The van der Waals surface area contributed by atoms with Gasteiger partial charge in [-0.3, -0.25) is 4.99 Å². The Morgan fingerprint density at radius 2 is 1.79 bits per heavy atom. The lowest BCUT2D eigenvalue weighted by Crippen LogP contribution is -2.24. The Kier molecular flexibility index (Phi) is 7.87. The Bertz CT molecular complexity index is 936. The average molecular weight is 521 g/mol. The fraction of sp³-hybridized carbons (Fsp3) is 0.278. The number of benzene rings is 2. The van der Waals surface area contributed by atoms with Gasteiger partial charge in [0.2, 0.25) is 0 Å². The van der Waals surface area contributed by atoms with Gasteiger partial charge in [-0.25, -0.2) is 12.8 Å². The number of hydrogen-bond acceptors (Lipinski definition) is 5. The van der Waals surface area contributed by atoms with Crippen LogP contribution >= 0.6 is 24.0 Å². The molecule has 10 heteroatoms. The van der Waals surface area contributed by atoms with Crippen molar-refractivity contribution in [1.82, 2.24) is 0 Å². The van der Waals surface area contributed by atoms with E-state index in [1.807, 2.05) is 0 Å². The molecule has 1 aliphatic heterocycles. The molecule has 1 heterocycles. The largest absolute Gasteiger partial charge is 0.490 e. The van der Waals surface area contributed by atoms with Gasteiger partial charge in [0.15, 0.2) is 27.3 Å². The molecular weight excluding hydrogens is 500 g/mol. The second-order valence-corrected chi connectivity index (χ2v) is 7.99. The van der Waals surface area contributed by atoms with E-state index in [1.54, 1.807) is 18.2 Å². The highest BCUT2D eigenvalue weighted by Gasteiger charge is 2.14. The van der Waals surface area contributed by atoms with Crippen molar-refractivity contribution >= 4 is 45.5 Å². The molecule has 2 aromatic carbocycles. The average Bonchev–Trinajstić information content (AvgIpc) is 2.87. The normalized spacial score (nSPS) is 14.0. The minimum absolute atomic E-state index is 0. The van der Waals surface area contributed by atoms with Gasteiger partial charge in [-0.1, -0.05) is 0 Å². The molecule has 0 amide bonds. The number of halogens is 2. The van der Waals surface area contributed by atoms with Crippen molar-refractivity contribution in [3.05, 3.63) is 48.3 Å². The monoisotopic (exact) mass is 521 g/mol. The van der Waals surface area contributed by atoms with Crippen LogP contribution in [0.1, 0.15) is 6.42 Å². The van der Waals surface area contributed by atoms with Crippen molar-refractivity contribution in [3.8, 4) is 11.5 Å². The van der Waals surface area contributed by atoms with E-state index >= 15 is 0 Å². The third-order valence-corrected chi connectivity index (χ3v) is 5.55. The van der Waals surface area contributed by atoms with Crippen LogP contribution in [0.2, 0.25) is 0 Å². The molecule has 152 valence electrons. The number of aliphatic imine (C=N–C) groups is 1. The molecule has 0 radical (unpaired) electrons. The molecule has 2 aromatic rings. The van der Waals surface area contributed by atoms with Gasteiger partial charge in [-0.05, 0) is 36.4 Å². The van der Waals surface area contributed by atoms with E-state index < -0.39 is 15.7 Å². The molecular formula is C18H21FIN3O4S. The summed E-state index contributed by atoms with van der Waals surface area (Å²) in [6, 6.07) is 9.96. The third kappa shape index (κ3) is 5.96. The van der Waals surface area contributed by atoms with Gasteiger partial charge in [-0.15, -0.1) is 24.0 Å². The number of ether oxygens (including phenoxy) is 2. The van der Waals surface area contributed by atoms with E-state index in [4.69, 9.17) is 15.2 Å². The Morgan fingerprint density at radius 3 is 2.50 bits per heavy atom. The summed E-state index contributed by atoms with van der Waals surface area (Å²) in [5.41, 5.74) is 6.48. The molecule has 0 spiro atoms. The van der Waals surface area contributed by atoms with Crippen molar-refractivity contribution in [1.29, 1.82) is 0 Å². The van der Waals surface area contributed by atoms with Gasteiger partial charge in [0.1, 0.15) is 5.82 Å². The highest BCUT2D eigenvalue weighted by molar-refractivity contribution is 14.0. The maximum Gasteiger partial charge on any atom is 0.193 e. The Hall–Kier alpha value is -2.08. The van der Waals surface area contributed by atoms with Crippen molar-refractivity contribution in [2.75, 3.05) is 30.8 Å². The van der Waals surface area contributed by atoms with E-state index in [2.05, 4.69) is 10.3 Å². The molecule has 0 atom stereocenters. The lowest BCUT2D eigenvalue weighted by Gasteiger charge is -2.10. The van der Waals surface area contributed by atoms with Crippen LogP contribution in [0.5, 0.6) is 11.5 Å². The number of rotatable bonds is 5. The van der Waals surface area contributed by atoms with E-state index in [1.165, 1.54) is 12.1 Å². The van der Waals surface area contributed by atoms with Crippen LogP contribution < -0.4 is 20.5 Å². The predicted molar refractivity (Wildman–Crippen MR) is 116 cm³/mol. The second kappa shape index (κ2) is 9.92. The van der Waals surface area contributed by atoms with Crippen molar-refractivity contribution in [3.63, 3.8) is 0 Å². The number of nitrogens with zero attached hydrogens (tertiary/aromatic N) is 1. The predicted octanol–water partition coefficient (Wildman–Crippen LogP) is 2.81. The van der Waals surface area contributed by atoms with Gasteiger partial charge in [0.25, 0.3) is 0 Å². The number of sulfone groups is 1. The fourth-order valence-electron chi connectivity index (χ4n) is 2.47. The lowest BCUT2D eigenvalue weighted by molar-refractivity contribution is 0.297. The lowest BCUT2D eigenvalue weighted by atomic mass is 10.3. The molecule has 0 aliphatic carbocycles. The molecule has 0 aromatic heterocycles. The summed E-state index contributed by atoms with van der Waals surface area (Å²) < 4.78 is 48.5. The Labute approximate surface area is 180 Å². The molecule has 0 bridgehead atoms. The molecule has 3 rings (SSSR count). The molecule has 28 heavy (non-hydrogen) atoms. The van der Waals surface area contributed by atoms with Crippen LogP contribution in [0.15, 0.2) is 52.4 Å². The number of guanidine groups is 1. The first-order valence-corrected chi connectivity index (χ1v) is 10.0. The van der Waals surface area contributed by atoms with E-state index in [9.17, 15) is 12.8 Å². The zero-order valence-electron chi connectivity index (χ0n) is 14.9. The summed E-state index contributed by atoms with van der Waals surface area (Å²) in [5, 5.41) is 2.89. The van der Waals surface area contributed by atoms with E-state index in [0.29, 0.717) is 30.4 Å². The SMILES string of the molecule is I.NC(=NCCS(=O)(=O)c1ccc(F)cc1)Nc1ccc2c(c1)OCCCO2. The summed E-state index contributed by atoms with van der Waals surface area (Å²) in [6.45, 7) is 1.15. The highest BCUT2D eigenvalue weighted by Crippen LogP contribution is 2.32. The van der Waals surface area contributed by atoms with Gasteiger partial charge in [0.05, 0.1) is 30.4 Å². The molecule has 0 fully saturated rings. The molecule has 1 aliphatic rings. The number of fused-ring (bicyclic) bond motifs is 1. The quantitative estimate of drug-likeness (QED) is 0.272. The van der Waals surface area contributed by atoms with Crippen LogP contribution in [-0.2, 0) is 9.84 Å². The van der Waals surface area contributed by atoms with Crippen LogP contribution in [0.4, 0.5) is 10.1 Å². The Balaban J connectivity index is 0.00000280. The maximum atomic E-state index is 12.9. The minimum atomic E-state index is -3.56. The van der Waals surface area contributed by atoms with Gasteiger partial charge in [-0.2, -0.15) is 0 Å². The number of anilines is 1. The summed E-state index contributed by atoms with van der Waals surface area (Å²) in [6.07, 6.45) is 0.809. The zero-order chi connectivity index (χ0) is 19.3. The highest BCUT2D eigenvalue weighted by atomic mass is 127. The molecule has 3 N–H and O–H groups in total. The maximum absolute atomic E-state index is 12.9. The molecule has 0 saturated heterocycles.